The van der Waals surface area contributed by atoms with Crippen LogP contribution in [-0.2, 0) is 24.3 Å². The molecule has 142 valence electrons. The van der Waals surface area contributed by atoms with Crippen LogP contribution in [0.1, 0.15) is 53.8 Å². The van der Waals surface area contributed by atoms with Crippen molar-refractivity contribution in [1.29, 1.82) is 0 Å². The molecule has 1 atom stereocenters. The summed E-state index contributed by atoms with van der Waals surface area (Å²) in [5.74, 6) is 0.195. The van der Waals surface area contributed by atoms with Gasteiger partial charge in [-0.15, -0.1) is 0 Å². The Kier molecular flexibility index (Phi) is 5.23. The average Bonchev–Trinajstić information content (AvgIpc) is 3.26. The second-order valence-electron chi connectivity index (χ2n) is 7.62. The average molecular weight is 366 g/mol. The van der Waals surface area contributed by atoms with Crippen molar-refractivity contribution >= 4 is 11.8 Å². The minimum absolute atomic E-state index is 0.0864. The zero-order valence-electron chi connectivity index (χ0n) is 15.5. The highest BCUT2D eigenvalue weighted by Crippen LogP contribution is 2.24. The van der Waals surface area contributed by atoms with Gasteiger partial charge < -0.3 is 10.6 Å². The van der Waals surface area contributed by atoms with Gasteiger partial charge in [-0.3, -0.25) is 14.3 Å². The van der Waals surface area contributed by atoms with Gasteiger partial charge in [0.1, 0.15) is 5.69 Å². The highest BCUT2D eigenvalue weighted by molar-refractivity contribution is 5.92. The lowest BCUT2D eigenvalue weighted by Gasteiger charge is -2.22. The number of fused-ring (bicyclic) bond motifs is 1. The molecule has 0 unspecified atom stereocenters. The Morgan fingerprint density at radius 2 is 1.89 bits per heavy atom. The van der Waals surface area contributed by atoms with E-state index in [1.807, 2.05) is 41.1 Å². The molecule has 0 spiro atoms. The maximum atomic E-state index is 12.4. The van der Waals surface area contributed by atoms with E-state index in [1.54, 1.807) is 0 Å². The molecule has 0 radical (unpaired) electrons. The van der Waals surface area contributed by atoms with Gasteiger partial charge in [-0.1, -0.05) is 49.6 Å². The zero-order valence-corrected chi connectivity index (χ0v) is 15.5. The highest BCUT2D eigenvalue weighted by atomic mass is 16.2. The van der Waals surface area contributed by atoms with Gasteiger partial charge in [0, 0.05) is 24.6 Å². The number of carbonyl (C=O) groups excluding carboxylic acids is 2. The van der Waals surface area contributed by atoms with E-state index in [9.17, 15) is 9.59 Å². The van der Waals surface area contributed by atoms with E-state index in [4.69, 9.17) is 0 Å². The molecule has 0 bridgehead atoms. The van der Waals surface area contributed by atoms with Crippen molar-refractivity contribution in [3.8, 4) is 0 Å². The summed E-state index contributed by atoms with van der Waals surface area (Å²) in [6, 6.07) is 11.7. The SMILES string of the molecule is O=C(NCc1ccccc1)c1cc2n(n1)C[C@@H](NC(=O)C1CCCCC1)C2. The van der Waals surface area contributed by atoms with Crippen molar-refractivity contribution < 1.29 is 9.59 Å². The fraction of sp³-hybridized carbons (Fsp3) is 0.476. The number of rotatable bonds is 5. The van der Waals surface area contributed by atoms with E-state index in [1.165, 1.54) is 6.42 Å². The maximum absolute atomic E-state index is 12.4. The Morgan fingerprint density at radius 3 is 2.63 bits per heavy atom. The molecule has 6 nitrogen and oxygen atoms in total. The van der Waals surface area contributed by atoms with Gasteiger partial charge in [0.15, 0.2) is 0 Å². The normalized spacial score (nSPS) is 19.5. The van der Waals surface area contributed by atoms with Crippen LogP contribution in [0.4, 0.5) is 0 Å². The molecule has 1 aromatic heterocycles. The molecule has 2 heterocycles. The van der Waals surface area contributed by atoms with Crippen molar-refractivity contribution in [3.05, 3.63) is 53.3 Å². The van der Waals surface area contributed by atoms with E-state index in [0.717, 1.165) is 43.4 Å². The molecule has 1 saturated carbocycles. The minimum atomic E-state index is -0.163. The molecule has 0 saturated heterocycles. The summed E-state index contributed by atoms with van der Waals surface area (Å²) in [6.45, 7) is 1.13. The van der Waals surface area contributed by atoms with Crippen molar-refractivity contribution in [2.75, 3.05) is 0 Å². The van der Waals surface area contributed by atoms with Crippen molar-refractivity contribution in [1.82, 2.24) is 20.4 Å². The Balaban J connectivity index is 1.29. The summed E-state index contributed by atoms with van der Waals surface area (Å²) in [5, 5.41) is 10.5. The Morgan fingerprint density at radius 1 is 1.11 bits per heavy atom. The van der Waals surface area contributed by atoms with Crippen LogP contribution in [0.25, 0.3) is 0 Å². The summed E-state index contributed by atoms with van der Waals surface area (Å²) >= 11 is 0. The highest BCUT2D eigenvalue weighted by Gasteiger charge is 2.29. The van der Waals surface area contributed by atoms with E-state index >= 15 is 0 Å². The van der Waals surface area contributed by atoms with Crippen LogP contribution in [0, 0.1) is 5.92 Å². The molecule has 1 aliphatic carbocycles. The number of carbonyl (C=O) groups is 2. The summed E-state index contributed by atoms with van der Waals surface area (Å²) in [5.41, 5.74) is 2.51. The van der Waals surface area contributed by atoms with Gasteiger partial charge in [0.2, 0.25) is 5.91 Å². The maximum Gasteiger partial charge on any atom is 0.272 e. The summed E-state index contributed by atoms with van der Waals surface area (Å²) in [7, 11) is 0. The van der Waals surface area contributed by atoms with Crippen molar-refractivity contribution in [2.45, 2.75) is 57.7 Å². The molecular formula is C21H26N4O2. The number of benzene rings is 1. The predicted octanol–water partition coefficient (Wildman–Crippen LogP) is 2.43. The van der Waals surface area contributed by atoms with Gasteiger partial charge in [0.05, 0.1) is 12.6 Å². The monoisotopic (exact) mass is 366 g/mol. The van der Waals surface area contributed by atoms with Crippen LogP contribution in [0.15, 0.2) is 36.4 Å². The lowest BCUT2D eigenvalue weighted by Crippen LogP contribution is -2.40. The number of hydrogen-bond acceptors (Lipinski definition) is 3. The van der Waals surface area contributed by atoms with Gasteiger partial charge in [-0.25, -0.2) is 0 Å². The van der Waals surface area contributed by atoms with Gasteiger partial charge >= 0.3 is 0 Å². The first-order chi connectivity index (χ1) is 13.2. The van der Waals surface area contributed by atoms with E-state index in [0.29, 0.717) is 18.8 Å². The largest absolute Gasteiger partial charge is 0.351 e. The number of nitrogens with zero attached hydrogens (tertiary/aromatic N) is 2. The molecule has 2 amide bonds. The third-order valence-electron chi connectivity index (χ3n) is 5.56. The fourth-order valence-corrected chi connectivity index (χ4v) is 4.06. The molecule has 4 rings (SSSR count). The van der Waals surface area contributed by atoms with Crippen LogP contribution < -0.4 is 10.6 Å². The smallest absolute Gasteiger partial charge is 0.272 e. The molecule has 2 N–H and O–H groups in total. The van der Waals surface area contributed by atoms with Crippen LogP contribution in [-0.4, -0.2) is 27.6 Å². The first-order valence-corrected chi connectivity index (χ1v) is 9.88. The Bertz CT molecular complexity index is 785. The van der Waals surface area contributed by atoms with Gasteiger partial charge in [-0.2, -0.15) is 5.10 Å². The van der Waals surface area contributed by atoms with Crippen molar-refractivity contribution in [3.63, 3.8) is 0 Å². The van der Waals surface area contributed by atoms with E-state index in [2.05, 4.69) is 15.7 Å². The standard InChI is InChI=1S/C21H26N4O2/c26-20(16-9-5-2-6-10-16)23-17-11-18-12-19(24-25(18)14-17)21(27)22-13-15-7-3-1-4-8-15/h1,3-4,7-8,12,16-17H,2,5-6,9-11,13-14H2,(H,22,27)(H,23,26)/t17-/m0/s1. The molecule has 6 heteroatoms. The Hall–Kier alpha value is -2.63. The summed E-state index contributed by atoms with van der Waals surface area (Å²) in [6.07, 6.45) is 6.32. The summed E-state index contributed by atoms with van der Waals surface area (Å²) in [4.78, 5) is 24.7. The lowest BCUT2D eigenvalue weighted by molar-refractivity contribution is -0.126. The number of nitrogens with one attached hydrogen (secondary N) is 2. The second-order valence-corrected chi connectivity index (χ2v) is 7.62. The molecule has 2 aromatic rings. The fourth-order valence-electron chi connectivity index (χ4n) is 4.06. The number of hydrogen-bond donors (Lipinski definition) is 2. The molecule has 27 heavy (non-hydrogen) atoms. The molecule has 1 fully saturated rings. The third kappa shape index (κ3) is 4.21. The van der Waals surface area contributed by atoms with Crippen LogP contribution in [0.2, 0.25) is 0 Å². The van der Waals surface area contributed by atoms with Crippen LogP contribution >= 0.6 is 0 Å². The minimum Gasteiger partial charge on any atom is -0.351 e. The van der Waals surface area contributed by atoms with Gasteiger partial charge in [0.25, 0.3) is 5.91 Å². The predicted molar refractivity (Wildman–Crippen MR) is 102 cm³/mol. The van der Waals surface area contributed by atoms with Crippen LogP contribution in [0.5, 0.6) is 0 Å². The molecular weight excluding hydrogens is 340 g/mol. The molecule has 1 aliphatic heterocycles. The molecule has 1 aromatic carbocycles. The lowest BCUT2D eigenvalue weighted by atomic mass is 9.88. The first kappa shape index (κ1) is 17.8. The van der Waals surface area contributed by atoms with E-state index in [-0.39, 0.29) is 23.8 Å². The zero-order chi connectivity index (χ0) is 18.6. The quantitative estimate of drug-likeness (QED) is 0.853. The van der Waals surface area contributed by atoms with Crippen molar-refractivity contribution in [2.24, 2.45) is 5.92 Å². The Labute approximate surface area is 159 Å². The summed E-state index contributed by atoms with van der Waals surface area (Å²) < 4.78 is 1.85. The first-order valence-electron chi connectivity index (χ1n) is 9.88. The second kappa shape index (κ2) is 7.94. The van der Waals surface area contributed by atoms with E-state index < -0.39 is 0 Å². The number of aromatic nitrogens is 2. The van der Waals surface area contributed by atoms with Gasteiger partial charge in [-0.05, 0) is 24.5 Å². The third-order valence-corrected chi connectivity index (χ3v) is 5.56. The molecule has 2 aliphatic rings. The topological polar surface area (TPSA) is 76.0 Å². The number of amides is 2. The van der Waals surface area contributed by atoms with Crippen LogP contribution in [0.3, 0.4) is 0 Å².